The maximum absolute atomic E-state index is 13.1. The molecule has 0 atom stereocenters. The van der Waals surface area contributed by atoms with Gasteiger partial charge in [0.05, 0.1) is 28.4 Å². The van der Waals surface area contributed by atoms with Crippen molar-refractivity contribution in [1.82, 2.24) is 9.55 Å². The molecule has 1 heterocycles. The Kier molecular flexibility index (Phi) is 5.87. The van der Waals surface area contributed by atoms with Gasteiger partial charge in [-0.2, -0.15) is 0 Å². The Bertz CT molecular complexity index is 1060. The molecule has 0 saturated heterocycles. The Hall–Kier alpha value is -2.31. The molecule has 140 valence electrons. The largest absolute Gasteiger partial charge is 0.462 e. The summed E-state index contributed by atoms with van der Waals surface area (Å²) in [4.78, 5) is 29.7. The first-order valence-corrected chi connectivity index (χ1v) is 9.83. The molecule has 0 bridgehead atoms. The summed E-state index contributed by atoms with van der Waals surface area (Å²) in [5, 5.41) is 1.38. The number of nitrogens with zero attached hydrogens (tertiary/aromatic N) is 2. The highest BCUT2D eigenvalue weighted by atomic mass is 35.5. The first-order chi connectivity index (χ1) is 12.8. The van der Waals surface area contributed by atoms with Crippen LogP contribution in [-0.4, -0.2) is 27.4 Å². The summed E-state index contributed by atoms with van der Waals surface area (Å²) in [6, 6.07) is 12.6. The number of esters is 1. The van der Waals surface area contributed by atoms with Crippen molar-refractivity contribution in [1.29, 1.82) is 0 Å². The molecule has 0 aliphatic heterocycles. The van der Waals surface area contributed by atoms with Crippen molar-refractivity contribution >= 4 is 40.2 Å². The van der Waals surface area contributed by atoms with E-state index in [1.165, 1.54) is 16.3 Å². The van der Waals surface area contributed by atoms with E-state index in [9.17, 15) is 9.59 Å². The zero-order chi connectivity index (χ0) is 19.6. The van der Waals surface area contributed by atoms with Crippen molar-refractivity contribution in [2.45, 2.75) is 32.0 Å². The Balaban J connectivity index is 2.12. The van der Waals surface area contributed by atoms with Gasteiger partial charge in [0, 0.05) is 5.02 Å². The van der Waals surface area contributed by atoms with Gasteiger partial charge in [-0.15, -0.1) is 0 Å². The minimum absolute atomic E-state index is 0.0580. The van der Waals surface area contributed by atoms with E-state index in [-0.39, 0.29) is 23.4 Å². The number of carbonyl (C=O) groups excluding carboxylic acids is 1. The zero-order valence-corrected chi connectivity index (χ0v) is 16.8. The molecule has 3 aromatic rings. The van der Waals surface area contributed by atoms with Gasteiger partial charge in [0.15, 0.2) is 5.16 Å². The van der Waals surface area contributed by atoms with E-state index in [0.717, 1.165) is 5.56 Å². The van der Waals surface area contributed by atoms with Crippen molar-refractivity contribution in [3.63, 3.8) is 0 Å². The number of aryl methyl sites for hydroxylation is 1. The second-order valence-electron chi connectivity index (χ2n) is 6.36. The van der Waals surface area contributed by atoms with Crippen LogP contribution in [0.25, 0.3) is 16.6 Å². The van der Waals surface area contributed by atoms with Gasteiger partial charge in [-0.25, -0.2) is 4.98 Å². The van der Waals surface area contributed by atoms with Crippen molar-refractivity contribution < 1.29 is 9.53 Å². The molecule has 0 aliphatic carbocycles. The van der Waals surface area contributed by atoms with E-state index in [2.05, 4.69) is 4.98 Å². The van der Waals surface area contributed by atoms with Crippen LogP contribution in [0.2, 0.25) is 5.02 Å². The number of thioether (sulfide) groups is 1. The lowest BCUT2D eigenvalue weighted by Gasteiger charge is -2.14. The van der Waals surface area contributed by atoms with Gasteiger partial charge in [0.1, 0.15) is 0 Å². The molecule has 1 aromatic heterocycles. The van der Waals surface area contributed by atoms with Crippen LogP contribution in [0.15, 0.2) is 52.4 Å². The maximum Gasteiger partial charge on any atom is 0.316 e. The summed E-state index contributed by atoms with van der Waals surface area (Å²) in [7, 11) is 0. The number of rotatable bonds is 5. The minimum Gasteiger partial charge on any atom is -0.462 e. The molecule has 0 spiro atoms. The minimum atomic E-state index is -0.355. The summed E-state index contributed by atoms with van der Waals surface area (Å²) in [6.45, 7) is 5.54. The Morgan fingerprint density at radius 1 is 1.26 bits per heavy atom. The van der Waals surface area contributed by atoms with Crippen LogP contribution < -0.4 is 5.56 Å². The summed E-state index contributed by atoms with van der Waals surface area (Å²) < 4.78 is 6.70. The number of fused-ring (bicyclic) bond motifs is 1. The summed E-state index contributed by atoms with van der Waals surface area (Å²) in [5.74, 6) is -0.297. The number of carbonyl (C=O) groups is 1. The van der Waals surface area contributed by atoms with Crippen LogP contribution in [0.1, 0.15) is 19.4 Å². The standard InChI is InChI=1S/C20H19ClN2O3S/c1-12(2)26-18(24)11-27-20-22-17-10-14(21)7-8-16(17)19(25)23(20)15-6-4-5-13(3)9-15/h4-10,12H,11H2,1-3H3. The van der Waals surface area contributed by atoms with Gasteiger partial charge in [-0.3, -0.25) is 14.2 Å². The van der Waals surface area contributed by atoms with Crippen molar-refractivity contribution in [2.24, 2.45) is 0 Å². The number of halogens is 1. The lowest BCUT2D eigenvalue weighted by Crippen LogP contribution is -2.22. The molecule has 2 aromatic carbocycles. The molecule has 0 unspecified atom stereocenters. The Labute approximate surface area is 166 Å². The van der Waals surface area contributed by atoms with E-state index in [0.29, 0.717) is 26.8 Å². The van der Waals surface area contributed by atoms with Crippen LogP contribution in [0, 0.1) is 6.92 Å². The molecule has 0 amide bonds. The smallest absolute Gasteiger partial charge is 0.316 e. The molecule has 0 saturated carbocycles. The van der Waals surface area contributed by atoms with E-state index >= 15 is 0 Å². The van der Waals surface area contributed by atoms with Gasteiger partial charge in [-0.05, 0) is 56.7 Å². The van der Waals surface area contributed by atoms with Crippen LogP contribution in [0.4, 0.5) is 0 Å². The molecule has 0 N–H and O–H groups in total. The average molecular weight is 403 g/mol. The normalized spacial score (nSPS) is 11.1. The zero-order valence-electron chi connectivity index (χ0n) is 15.2. The molecular weight excluding hydrogens is 384 g/mol. The van der Waals surface area contributed by atoms with E-state index in [4.69, 9.17) is 16.3 Å². The van der Waals surface area contributed by atoms with Crippen molar-refractivity contribution in [3.8, 4) is 5.69 Å². The van der Waals surface area contributed by atoms with E-state index in [1.54, 1.807) is 32.0 Å². The fourth-order valence-electron chi connectivity index (χ4n) is 2.65. The fourth-order valence-corrected chi connectivity index (χ4v) is 3.61. The fraction of sp³-hybridized carbons (Fsp3) is 0.250. The van der Waals surface area contributed by atoms with Gasteiger partial charge >= 0.3 is 5.97 Å². The predicted octanol–water partition coefficient (Wildman–Crippen LogP) is 4.39. The van der Waals surface area contributed by atoms with Crippen LogP contribution >= 0.6 is 23.4 Å². The first kappa shape index (κ1) is 19.5. The number of ether oxygens (including phenoxy) is 1. The predicted molar refractivity (Wildman–Crippen MR) is 109 cm³/mol. The lowest BCUT2D eigenvalue weighted by atomic mass is 10.2. The third-order valence-corrected chi connectivity index (χ3v) is 4.89. The van der Waals surface area contributed by atoms with Gasteiger partial charge in [0.2, 0.25) is 0 Å². The summed E-state index contributed by atoms with van der Waals surface area (Å²) in [5.41, 5.74) is 2.01. The number of benzene rings is 2. The van der Waals surface area contributed by atoms with Gasteiger partial charge in [0.25, 0.3) is 5.56 Å². The highest BCUT2D eigenvalue weighted by Crippen LogP contribution is 2.23. The molecule has 27 heavy (non-hydrogen) atoms. The third-order valence-electron chi connectivity index (χ3n) is 3.75. The van der Waals surface area contributed by atoms with Gasteiger partial charge in [-0.1, -0.05) is 35.5 Å². The van der Waals surface area contributed by atoms with Gasteiger partial charge < -0.3 is 4.74 Å². The van der Waals surface area contributed by atoms with Crippen molar-refractivity contribution in [2.75, 3.05) is 5.75 Å². The second kappa shape index (κ2) is 8.15. The Morgan fingerprint density at radius 3 is 2.74 bits per heavy atom. The molecular formula is C20H19ClN2O3S. The van der Waals surface area contributed by atoms with E-state index < -0.39 is 0 Å². The topological polar surface area (TPSA) is 61.2 Å². The molecule has 5 nitrogen and oxygen atoms in total. The molecule has 3 rings (SSSR count). The third kappa shape index (κ3) is 4.51. The first-order valence-electron chi connectivity index (χ1n) is 8.47. The molecule has 0 fully saturated rings. The Morgan fingerprint density at radius 2 is 2.04 bits per heavy atom. The van der Waals surface area contributed by atoms with Crippen LogP contribution in [0.5, 0.6) is 0 Å². The highest BCUT2D eigenvalue weighted by molar-refractivity contribution is 7.99. The molecule has 7 heteroatoms. The van der Waals surface area contributed by atoms with Crippen LogP contribution in [-0.2, 0) is 9.53 Å². The van der Waals surface area contributed by atoms with Crippen molar-refractivity contribution in [3.05, 3.63) is 63.4 Å². The number of hydrogen-bond acceptors (Lipinski definition) is 5. The summed E-state index contributed by atoms with van der Waals surface area (Å²) in [6.07, 6.45) is -0.194. The number of aromatic nitrogens is 2. The monoisotopic (exact) mass is 402 g/mol. The maximum atomic E-state index is 13.1. The highest BCUT2D eigenvalue weighted by Gasteiger charge is 2.16. The molecule has 0 aliphatic rings. The summed E-state index contributed by atoms with van der Waals surface area (Å²) >= 11 is 7.22. The van der Waals surface area contributed by atoms with Crippen LogP contribution in [0.3, 0.4) is 0 Å². The SMILES string of the molecule is Cc1cccc(-n2c(SCC(=O)OC(C)C)nc3cc(Cl)ccc3c2=O)c1. The molecule has 0 radical (unpaired) electrons. The lowest BCUT2D eigenvalue weighted by molar-refractivity contribution is -0.144. The van der Waals surface area contributed by atoms with E-state index in [1.807, 2.05) is 31.2 Å². The second-order valence-corrected chi connectivity index (χ2v) is 7.74. The average Bonchev–Trinajstić information content (AvgIpc) is 2.59. The number of hydrogen-bond donors (Lipinski definition) is 0. The quantitative estimate of drug-likeness (QED) is 0.360.